The van der Waals surface area contributed by atoms with E-state index in [2.05, 4.69) is 33.0 Å². The highest BCUT2D eigenvalue weighted by Crippen LogP contribution is 2.19. The van der Waals surface area contributed by atoms with Gasteiger partial charge in [-0.05, 0) is 18.8 Å². The maximum Gasteiger partial charge on any atom is 0.241 e. The summed E-state index contributed by atoms with van der Waals surface area (Å²) < 4.78 is 0. The maximum absolute atomic E-state index is 12.1. The summed E-state index contributed by atoms with van der Waals surface area (Å²) in [4.78, 5) is 14.1. The summed E-state index contributed by atoms with van der Waals surface area (Å²) in [5.41, 5.74) is 0. The van der Waals surface area contributed by atoms with Crippen molar-refractivity contribution in [2.75, 3.05) is 6.67 Å². The van der Waals surface area contributed by atoms with Crippen LogP contribution in [0.4, 0.5) is 0 Å². The molecule has 2 unspecified atom stereocenters. The van der Waals surface area contributed by atoms with Crippen molar-refractivity contribution in [3.05, 3.63) is 0 Å². The first-order valence-electron chi connectivity index (χ1n) is 6.19. The van der Waals surface area contributed by atoms with E-state index in [0.29, 0.717) is 17.9 Å². The van der Waals surface area contributed by atoms with Crippen LogP contribution in [-0.2, 0) is 4.79 Å². The van der Waals surface area contributed by atoms with Crippen LogP contribution in [0.5, 0.6) is 0 Å². The Kier molecular flexibility index (Phi) is 4.58. The molecule has 1 aliphatic heterocycles. The van der Waals surface area contributed by atoms with E-state index in [0.717, 1.165) is 25.9 Å². The predicted octanol–water partition coefficient (Wildman–Crippen LogP) is 1.98. The van der Waals surface area contributed by atoms with Crippen molar-refractivity contribution in [3.63, 3.8) is 0 Å². The number of rotatable bonds is 5. The largest absolute Gasteiger partial charge is 0.326 e. The van der Waals surface area contributed by atoms with Gasteiger partial charge in [0.1, 0.15) is 0 Å². The Morgan fingerprint density at radius 2 is 1.93 bits per heavy atom. The number of nitrogens with zero attached hydrogens (tertiary/aromatic N) is 1. The molecule has 1 saturated heterocycles. The van der Waals surface area contributed by atoms with Gasteiger partial charge in [0.15, 0.2) is 0 Å². The molecule has 0 aromatic heterocycles. The Morgan fingerprint density at radius 1 is 1.33 bits per heavy atom. The minimum Gasteiger partial charge on any atom is -0.326 e. The smallest absolute Gasteiger partial charge is 0.241 e. The Bertz CT molecular complexity index is 214. The molecule has 3 heteroatoms. The van der Waals surface area contributed by atoms with Crippen molar-refractivity contribution in [2.24, 2.45) is 5.92 Å². The fourth-order valence-electron chi connectivity index (χ4n) is 2.26. The minimum atomic E-state index is 0.0515. The van der Waals surface area contributed by atoms with Crippen molar-refractivity contribution in [1.82, 2.24) is 10.2 Å². The second kappa shape index (κ2) is 5.50. The van der Waals surface area contributed by atoms with Crippen LogP contribution >= 0.6 is 0 Å². The second-order valence-electron chi connectivity index (χ2n) is 4.50. The molecule has 1 fully saturated rings. The fraction of sp³-hybridized carbons (Fsp3) is 0.917. The number of carbonyl (C=O) groups is 1. The molecule has 0 radical (unpaired) electrons. The summed E-state index contributed by atoms with van der Waals surface area (Å²) in [6.45, 7) is 9.32. The Balaban J connectivity index is 2.63. The summed E-state index contributed by atoms with van der Waals surface area (Å²) in [5.74, 6) is 0.745. The molecule has 88 valence electrons. The summed E-state index contributed by atoms with van der Waals surface area (Å²) in [7, 11) is 0. The van der Waals surface area contributed by atoms with Gasteiger partial charge in [-0.15, -0.1) is 0 Å². The second-order valence-corrected chi connectivity index (χ2v) is 4.50. The molecule has 1 aliphatic rings. The summed E-state index contributed by atoms with van der Waals surface area (Å²) >= 11 is 0. The van der Waals surface area contributed by atoms with Gasteiger partial charge in [0.2, 0.25) is 5.91 Å². The summed E-state index contributed by atoms with van der Waals surface area (Å²) in [6.07, 6.45) is 3.16. The monoisotopic (exact) mass is 212 g/mol. The van der Waals surface area contributed by atoms with Crippen LogP contribution in [0.3, 0.4) is 0 Å². The average molecular weight is 212 g/mol. The molecule has 2 atom stereocenters. The highest BCUT2D eigenvalue weighted by molar-refractivity contribution is 5.84. The lowest BCUT2D eigenvalue weighted by Gasteiger charge is -2.25. The van der Waals surface area contributed by atoms with Gasteiger partial charge in [0.05, 0.1) is 12.7 Å². The first kappa shape index (κ1) is 12.5. The molecular weight excluding hydrogens is 188 g/mol. The van der Waals surface area contributed by atoms with E-state index in [1.165, 1.54) is 0 Å². The molecule has 0 saturated carbocycles. The number of hydrogen-bond acceptors (Lipinski definition) is 2. The zero-order valence-corrected chi connectivity index (χ0v) is 10.4. The Morgan fingerprint density at radius 3 is 2.40 bits per heavy atom. The predicted molar refractivity (Wildman–Crippen MR) is 62.5 cm³/mol. The van der Waals surface area contributed by atoms with E-state index in [1.807, 2.05) is 4.90 Å². The number of hydrogen-bond donors (Lipinski definition) is 1. The topological polar surface area (TPSA) is 32.3 Å². The molecule has 3 nitrogen and oxygen atoms in total. The third-order valence-corrected chi connectivity index (χ3v) is 3.63. The van der Waals surface area contributed by atoms with Gasteiger partial charge >= 0.3 is 0 Å². The lowest BCUT2D eigenvalue weighted by molar-refractivity contribution is -0.131. The van der Waals surface area contributed by atoms with Crippen LogP contribution in [0.1, 0.15) is 47.0 Å². The molecule has 0 aromatic carbocycles. The van der Waals surface area contributed by atoms with Crippen molar-refractivity contribution in [3.8, 4) is 0 Å². The van der Waals surface area contributed by atoms with E-state index in [1.54, 1.807) is 0 Å². The first-order chi connectivity index (χ1) is 7.15. The third kappa shape index (κ3) is 2.51. The van der Waals surface area contributed by atoms with Crippen LogP contribution in [-0.4, -0.2) is 29.6 Å². The van der Waals surface area contributed by atoms with Gasteiger partial charge in [-0.3, -0.25) is 10.1 Å². The maximum atomic E-state index is 12.1. The first-order valence-corrected chi connectivity index (χ1v) is 6.19. The normalized spacial score (nSPS) is 23.9. The highest BCUT2D eigenvalue weighted by atomic mass is 16.2. The third-order valence-electron chi connectivity index (χ3n) is 3.63. The minimum absolute atomic E-state index is 0.0515. The number of amides is 1. The van der Waals surface area contributed by atoms with Crippen LogP contribution < -0.4 is 5.32 Å². The summed E-state index contributed by atoms with van der Waals surface area (Å²) in [5, 5.41) is 3.33. The van der Waals surface area contributed by atoms with Crippen molar-refractivity contribution < 1.29 is 4.79 Å². The highest BCUT2D eigenvalue weighted by Gasteiger charge is 2.36. The van der Waals surface area contributed by atoms with Gasteiger partial charge < -0.3 is 4.90 Å². The van der Waals surface area contributed by atoms with E-state index in [9.17, 15) is 4.79 Å². The molecule has 0 bridgehead atoms. The Hall–Kier alpha value is -0.570. The molecule has 1 heterocycles. The molecule has 1 N–H and O–H groups in total. The lowest BCUT2D eigenvalue weighted by atomic mass is 9.99. The van der Waals surface area contributed by atoms with Crippen LogP contribution in [0.15, 0.2) is 0 Å². The average Bonchev–Trinajstić information content (AvgIpc) is 2.62. The molecule has 1 rings (SSSR count). The van der Waals surface area contributed by atoms with Crippen molar-refractivity contribution >= 4 is 5.91 Å². The van der Waals surface area contributed by atoms with Crippen LogP contribution in [0.2, 0.25) is 0 Å². The van der Waals surface area contributed by atoms with Gasteiger partial charge in [-0.1, -0.05) is 34.1 Å². The zero-order chi connectivity index (χ0) is 11.4. The molecule has 0 spiro atoms. The molecule has 0 aliphatic carbocycles. The SMILES string of the molecule is CCC(C)C1NCN(C(CC)CC)C1=O. The van der Waals surface area contributed by atoms with Crippen LogP contribution in [0.25, 0.3) is 0 Å². The number of nitrogens with one attached hydrogen (secondary N) is 1. The molecule has 15 heavy (non-hydrogen) atoms. The van der Waals surface area contributed by atoms with Gasteiger partial charge in [0.25, 0.3) is 0 Å². The standard InChI is InChI=1S/C12H24N2O/c1-5-9(4)11-12(15)14(8-13-11)10(6-2)7-3/h9-11,13H,5-8H2,1-4H3. The van der Waals surface area contributed by atoms with E-state index < -0.39 is 0 Å². The van der Waals surface area contributed by atoms with Gasteiger partial charge in [-0.25, -0.2) is 0 Å². The van der Waals surface area contributed by atoms with Crippen molar-refractivity contribution in [2.45, 2.75) is 59.0 Å². The molecule has 1 amide bonds. The fourth-order valence-corrected chi connectivity index (χ4v) is 2.26. The van der Waals surface area contributed by atoms with Crippen molar-refractivity contribution in [1.29, 1.82) is 0 Å². The lowest BCUT2D eigenvalue weighted by Crippen LogP contribution is -2.39. The van der Waals surface area contributed by atoms with Gasteiger partial charge in [0, 0.05) is 6.04 Å². The van der Waals surface area contributed by atoms with E-state index in [4.69, 9.17) is 0 Å². The van der Waals surface area contributed by atoms with E-state index >= 15 is 0 Å². The van der Waals surface area contributed by atoms with E-state index in [-0.39, 0.29) is 6.04 Å². The quantitative estimate of drug-likeness (QED) is 0.755. The Labute approximate surface area is 93.2 Å². The molecular formula is C12H24N2O. The molecule has 0 aromatic rings. The zero-order valence-electron chi connectivity index (χ0n) is 10.4. The number of carbonyl (C=O) groups excluding carboxylic acids is 1. The summed E-state index contributed by atoms with van der Waals surface area (Å²) in [6, 6.07) is 0.467. The van der Waals surface area contributed by atoms with Crippen LogP contribution in [0, 0.1) is 5.92 Å². The van der Waals surface area contributed by atoms with Gasteiger partial charge in [-0.2, -0.15) is 0 Å².